The van der Waals surface area contributed by atoms with E-state index in [1.807, 2.05) is 32.9 Å². The number of aromatic nitrogens is 2. The Labute approximate surface area is 137 Å². The van der Waals surface area contributed by atoms with Gasteiger partial charge in [-0.15, -0.1) is 0 Å². The summed E-state index contributed by atoms with van der Waals surface area (Å²) in [6, 6.07) is 9.93. The highest BCUT2D eigenvalue weighted by molar-refractivity contribution is 5.93. The zero-order valence-electron chi connectivity index (χ0n) is 14.4. The Hall–Kier alpha value is -2.43. The molecule has 23 heavy (non-hydrogen) atoms. The van der Waals surface area contributed by atoms with Gasteiger partial charge in [0, 0.05) is 23.8 Å². The molecule has 0 aliphatic carbocycles. The van der Waals surface area contributed by atoms with Crippen LogP contribution in [-0.4, -0.2) is 28.0 Å². The summed E-state index contributed by atoms with van der Waals surface area (Å²) >= 11 is 0. The summed E-state index contributed by atoms with van der Waals surface area (Å²) in [4.78, 5) is 22.8. The first-order chi connectivity index (χ1) is 10.8. The maximum absolute atomic E-state index is 12.3. The molecule has 1 aromatic carbocycles. The average molecular weight is 312 g/mol. The van der Waals surface area contributed by atoms with Crippen molar-refractivity contribution in [2.45, 2.75) is 40.2 Å². The van der Waals surface area contributed by atoms with Gasteiger partial charge in [0.25, 0.3) is 5.91 Å². The summed E-state index contributed by atoms with van der Waals surface area (Å²) in [5.74, 6) is 0.522. The molecule has 2 aromatic rings. The van der Waals surface area contributed by atoms with Gasteiger partial charge in [0.2, 0.25) is 0 Å². The lowest BCUT2D eigenvalue weighted by atomic mass is 10.1. The maximum Gasteiger partial charge on any atom is 0.270 e. The van der Waals surface area contributed by atoms with Crippen LogP contribution in [0, 0.1) is 6.92 Å². The van der Waals surface area contributed by atoms with E-state index in [1.165, 1.54) is 11.9 Å². The van der Waals surface area contributed by atoms with Gasteiger partial charge in [-0.1, -0.05) is 12.1 Å². The Morgan fingerprint density at radius 2 is 1.96 bits per heavy atom. The lowest BCUT2D eigenvalue weighted by Gasteiger charge is -2.23. The number of nitrogens with one attached hydrogen (secondary N) is 1. The van der Waals surface area contributed by atoms with Crippen molar-refractivity contribution < 1.29 is 4.79 Å². The minimum atomic E-state index is -0.302. The molecule has 0 unspecified atom stereocenters. The van der Waals surface area contributed by atoms with Gasteiger partial charge in [0.15, 0.2) is 0 Å². The van der Waals surface area contributed by atoms with Gasteiger partial charge in [0.05, 0.1) is 0 Å². The highest BCUT2D eigenvalue weighted by atomic mass is 16.2. The number of rotatable bonds is 4. The zero-order chi connectivity index (χ0) is 17.0. The average Bonchev–Trinajstić information content (AvgIpc) is 2.47. The molecule has 0 saturated heterocycles. The first-order valence-corrected chi connectivity index (χ1v) is 7.79. The van der Waals surface area contributed by atoms with Crippen LogP contribution in [0.2, 0.25) is 0 Å². The molecular formula is C18H24N4O. The second-order valence-electron chi connectivity index (χ2n) is 6.55. The molecule has 0 fully saturated rings. The summed E-state index contributed by atoms with van der Waals surface area (Å²) < 4.78 is 0. The first kappa shape index (κ1) is 16.9. The molecule has 5 heteroatoms. The lowest BCUT2D eigenvalue weighted by Crippen LogP contribution is -2.41. The van der Waals surface area contributed by atoms with Crippen LogP contribution in [0.4, 0.5) is 11.5 Å². The molecule has 0 spiro atoms. The van der Waals surface area contributed by atoms with Crippen molar-refractivity contribution in [1.29, 1.82) is 0 Å². The number of aryl methyl sites for hydroxylation is 1. The second-order valence-corrected chi connectivity index (χ2v) is 6.55. The Kier molecular flexibility index (Phi) is 4.98. The molecule has 122 valence electrons. The fourth-order valence-electron chi connectivity index (χ4n) is 2.30. The van der Waals surface area contributed by atoms with E-state index in [-0.39, 0.29) is 11.4 Å². The highest BCUT2D eigenvalue weighted by Crippen LogP contribution is 2.24. The summed E-state index contributed by atoms with van der Waals surface area (Å²) in [5.41, 5.74) is 2.30. The molecule has 1 aromatic heterocycles. The van der Waals surface area contributed by atoms with Crippen LogP contribution in [0.5, 0.6) is 0 Å². The smallest absolute Gasteiger partial charge is 0.270 e. The maximum atomic E-state index is 12.3. The number of anilines is 2. The number of benzene rings is 1. The van der Waals surface area contributed by atoms with Crippen LogP contribution >= 0.6 is 0 Å². The summed E-state index contributed by atoms with van der Waals surface area (Å²) in [6.07, 6.45) is 1.44. The van der Waals surface area contributed by atoms with E-state index in [2.05, 4.69) is 46.2 Å². The summed E-state index contributed by atoms with van der Waals surface area (Å²) in [5, 5.41) is 2.92. The molecule has 0 aliphatic heterocycles. The standard InChI is InChI=1S/C18H24N4O/c1-6-22(14-9-7-8-13(2)10-14)16-11-15(19-12-20-16)17(23)21-18(3,4)5/h7-12H,6H2,1-5H3,(H,21,23). The van der Waals surface area contributed by atoms with Crippen molar-refractivity contribution >= 4 is 17.4 Å². The van der Waals surface area contributed by atoms with E-state index in [0.717, 1.165) is 12.2 Å². The SMILES string of the molecule is CCN(c1cccc(C)c1)c1cc(C(=O)NC(C)(C)C)ncn1. The predicted molar refractivity (Wildman–Crippen MR) is 93.1 cm³/mol. The fourth-order valence-corrected chi connectivity index (χ4v) is 2.30. The minimum absolute atomic E-state index is 0.193. The van der Waals surface area contributed by atoms with Crippen molar-refractivity contribution in [1.82, 2.24) is 15.3 Å². The number of carbonyl (C=O) groups excluding carboxylic acids is 1. The molecule has 1 amide bonds. The van der Waals surface area contributed by atoms with E-state index >= 15 is 0 Å². The van der Waals surface area contributed by atoms with Gasteiger partial charge in [-0.3, -0.25) is 4.79 Å². The molecule has 5 nitrogen and oxygen atoms in total. The van der Waals surface area contributed by atoms with Gasteiger partial charge in [-0.05, 0) is 52.3 Å². The lowest BCUT2D eigenvalue weighted by molar-refractivity contribution is 0.0914. The molecule has 0 saturated carbocycles. The van der Waals surface area contributed by atoms with Crippen molar-refractivity contribution in [3.05, 3.63) is 47.9 Å². The van der Waals surface area contributed by atoms with Crippen molar-refractivity contribution in [2.24, 2.45) is 0 Å². The molecule has 0 bridgehead atoms. The van der Waals surface area contributed by atoms with Gasteiger partial charge in [-0.2, -0.15) is 0 Å². The molecule has 0 aliphatic rings. The Balaban J connectivity index is 2.32. The van der Waals surface area contributed by atoms with E-state index in [0.29, 0.717) is 11.5 Å². The third kappa shape index (κ3) is 4.52. The van der Waals surface area contributed by atoms with Gasteiger partial charge >= 0.3 is 0 Å². The normalized spacial score (nSPS) is 11.2. The van der Waals surface area contributed by atoms with Gasteiger partial charge in [0.1, 0.15) is 17.8 Å². The largest absolute Gasteiger partial charge is 0.346 e. The molecular weight excluding hydrogens is 288 g/mol. The van der Waals surface area contributed by atoms with E-state index < -0.39 is 0 Å². The van der Waals surface area contributed by atoms with E-state index in [1.54, 1.807) is 6.07 Å². The fraction of sp³-hybridized carbons (Fsp3) is 0.389. The number of hydrogen-bond donors (Lipinski definition) is 1. The van der Waals surface area contributed by atoms with Crippen LogP contribution < -0.4 is 10.2 Å². The molecule has 0 radical (unpaired) electrons. The third-order valence-electron chi connectivity index (χ3n) is 3.28. The van der Waals surface area contributed by atoms with Gasteiger partial charge in [-0.25, -0.2) is 9.97 Å². The van der Waals surface area contributed by atoms with E-state index in [9.17, 15) is 4.79 Å². The first-order valence-electron chi connectivity index (χ1n) is 7.79. The zero-order valence-corrected chi connectivity index (χ0v) is 14.4. The topological polar surface area (TPSA) is 58.1 Å². The van der Waals surface area contributed by atoms with Crippen LogP contribution in [-0.2, 0) is 0 Å². The Bertz CT molecular complexity index is 691. The van der Waals surface area contributed by atoms with Gasteiger partial charge < -0.3 is 10.2 Å². The monoisotopic (exact) mass is 312 g/mol. The predicted octanol–water partition coefficient (Wildman–Crippen LogP) is 3.47. The van der Waals surface area contributed by atoms with Crippen molar-refractivity contribution in [3.8, 4) is 0 Å². The Morgan fingerprint density at radius 1 is 1.22 bits per heavy atom. The third-order valence-corrected chi connectivity index (χ3v) is 3.28. The number of hydrogen-bond acceptors (Lipinski definition) is 4. The quantitative estimate of drug-likeness (QED) is 0.939. The molecule has 1 heterocycles. The van der Waals surface area contributed by atoms with Crippen molar-refractivity contribution in [3.63, 3.8) is 0 Å². The van der Waals surface area contributed by atoms with Crippen molar-refractivity contribution in [2.75, 3.05) is 11.4 Å². The van der Waals surface area contributed by atoms with Crippen LogP contribution in [0.15, 0.2) is 36.7 Å². The number of nitrogens with zero attached hydrogens (tertiary/aromatic N) is 3. The molecule has 2 rings (SSSR count). The summed E-state index contributed by atoms with van der Waals surface area (Å²) in [6.45, 7) is 10.7. The van der Waals surface area contributed by atoms with Crippen LogP contribution in [0.25, 0.3) is 0 Å². The molecule has 1 N–H and O–H groups in total. The summed E-state index contributed by atoms with van der Waals surface area (Å²) in [7, 11) is 0. The molecule has 0 atom stereocenters. The number of carbonyl (C=O) groups is 1. The van der Waals surface area contributed by atoms with E-state index in [4.69, 9.17) is 0 Å². The second kappa shape index (κ2) is 6.77. The van der Waals surface area contributed by atoms with Crippen LogP contribution in [0.1, 0.15) is 43.7 Å². The Morgan fingerprint density at radius 3 is 2.57 bits per heavy atom. The highest BCUT2D eigenvalue weighted by Gasteiger charge is 2.18. The number of amides is 1. The minimum Gasteiger partial charge on any atom is -0.346 e. The van der Waals surface area contributed by atoms with Crippen LogP contribution in [0.3, 0.4) is 0 Å².